The maximum Gasteiger partial charge on any atom is 0.170 e. The standard InChI is InChI=1S/C23H21ClO3/c24-12-5-3-4-11(10-12)20(25)18-13-6-1-2-7-14(13)22-19-16-9-8-15(17(18)19)21(26)23(16)27-22/h1-7,10,15-19,21-23,26H,8-9H2. The Morgan fingerprint density at radius 3 is 2.59 bits per heavy atom. The Kier molecular flexibility index (Phi) is 3.42. The maximum absolute atomic E-state index is 13.7. The van der Waals surface area contributed by atoms with Gasteiger partial charge in [0.25, 0.3) is 0 Å². The van der Waals surface area contributed by atoms with Crippen molar-refractivity contribution in [2.75, 3.05) is 0 Å². The number of aliphatic hydroxyl groups excluding tert-OH is 1. The van der Waals surface area contributed by atoms with E-state index in [9.17, 15) is 9.90 Å². The number of Topliss-reactive ketones (excluding diaryl/α,β-unsaturated/α-hetero) is 1. The minimum atomic E-state index is -0.459. The Bertz CT molecular complexity index is 941. The molecule has 8 atom stereocenters. The molecule has 1 saturated heterocycles. The zero-order chi connectivity index (χ0) is 18.3. The van der Waals surface area contributed by atoms with Gasteiger partial charge in [0.2, 0.25) is 0 Å². The summed E-state index contributed by atoms with van der Waals surface area (Å²) in [7, 11) is 0. The summed E-state index contributed by atoms with van der Waals surface area (Å²) in [6, 6.07) is 15.5. The van der Waals surface area contributed by atoms with Crippen molar-refractivity contribution in [2.45, 2.75) is 37.1 Å². The molecule has 27 heavy (non-hydrogen) atoms. The van der Waals surface area contributed by atoms with Gasteiger partial charge in [0.15, 0.2) is 5.78 Å². The van der Waals surface area contributed by atoms with E-state index in [0.29, 0.717) is 22.4 Å². The zero-order valence-corrected chi connectivity index (χ0v) is 15.5. The monoisotopic (exact) mass is 380 g/mol. The summed E-state index contributed by atoms with van der Waals surface area (Å²) in [5.74, 6) is 0.867. The lowest BCUT2D eigenvalue weighted by molar-refractivity contribution is -0.112. The summed E-state index contributed by atoms with van der Waals surface area (Å²) in [4.78, 5) is 13.7. The summed E-state index contributed by atoms with van der Waals surface area (Å²) in [5.41, 5.74) is 2.88. The van der Waals surface area contributed by atoms with Gasteiger partial charge in [-0.25, -0.2) is 0 Å². The molecule has 4 fully saturated rings. The number of aliphatic hydroxyl groups is 1. The zero-order valence-electron chi connectivity index (χ0n) is 14.8. The first-order chi connectivity index (χ1) is 13.1. The molecule has 138 valence electrons. The quantitative estimate of drug-likeness (QED) is 0.786. The molecule has 1 N–H and O–H groups in total. The summed E-state index contributed by atoms with van der Waals surface area (Å²) in [5, 5.41) is 11.5. The van der Waals surface area contributed by atoms with Crippen LogP contribution in [0.5, 0.6) is 0 Å². The predicted molar refractivity (Wildman–Crippen MR) is 102 cm³/mol. The van der Waals surface area contributed by atoms with Crippen molar-refractivity contribution >= 4 is 17.4 Å². The minimum absolute atomic E-state index is 0.0181. The van der Waals surface area contributed by atoms with Crippen molar-refractivity contribution in [3.05, 3.63) is 70.2 Å². The number of ketones is 1. The van der Waals surface area contributed by atoms with Gasteiger partial charge in [-0.05, 0) is 59.8 Å². The SMILES string of the molecule is O=C(c1cccc(Cl)c1)C1c2ccccc2C2OC3C(O)C4CCC3C2C14. The normalized spacial score (nSPS) is 40.7. The fraction of sp³-hybridized carbons (Fsp3) is 0.435. The molecule has 5 aliphatic rings. The number of benzene rings is 2. The van der Waals surface area contributed by atoms with Gasteiger partial charge in [-0.3, -0.25) is 4.79 Å². The molecule has 4 aliphatic carbocycles. The van der Waals surface area contributed by atoms with E-state index < -0.39 is 6.10 Å². The molecule has 4 bridgehead atoms. The second-order valence-electron chi connectivity index (χ2n) is 8.55. The molecule has 1 heterocycles. The number of halogens is 1. The highest BCUT2D eigenvalue weighted by atomic mass is 35.5. The van der Waals surface area contributed by atoms with Crippen molar-refractivity contribution in [3.63, 3.8) is 0 Å². The van der Waals surface area contributed by atoms with Crippen LogP contribution < -0.4 is 0 Å². The molecule has 3 saturated carbocycles. The number of hydrogen-bond acceptors (Lipinski definition) is 3. The summed E-state index contributed by atoms with van der Waals surface area (Å²) in [6.07, 6.45) is 1.58. The highest BCUT2D eigenvalue weighted by molar-refractivity contribution is 6.31. The highest BCUT2D eigenvalue weighted by Gasteiger charge is 2.66. The molecule has 3 nitrogen and oxygen atoms in total. The van der Waals surface area contributed by atoms with Crippen LogP contribution in [0.1, 0.15) is 46.3 Å². The van der Waals surface area contributed by atoms with Crippen molar-refractivity contribution < 1.29 is 14.6 Å². The average Bonchev–Trinajstić information content (AvgIpc) is 3.06. The van der Waals surface area contributed by atoms with Gasteiger partial charge in [0.05, 0.1) is 24.2 Å². The molecule has 2 aromatic carbocycles. The first-order valence-corrected chi connectivity index (χ1v) is 10.2. The number of rotatable bonds is 2. The van der Waals surface area contributed by atoms with E-state index in [-0.39, 0.29) is 35.7 Å². The molecule has 1 aliphatic heterocycles. The average molecular weight is 381 g/mol. The Morgan fingerprint density at radius 2 is 1.78 bits per heavy atom. The third-order valence-electron chi connectivity index (χ3n) is 7.53. The maximum atomic E-state index is 13.7. The van der Waals surface area contributed by atoms with E-state index in [1.54, 1.807) is 12.1 Å². The third kappa shape index (κ3) is 2.08. The van der Waals surface area contributed by atoms with Gasteiger partial charge in [0, 0.05) is 10.6 Å². The summed E-state index contributed by atoms with van der Waals surface area (Å²) < 4.78 is 6.40. The first-order valence-electron chi connectivity index (χ1n) is 9.87. The van der Waals surface area contributed by atoms with Crippen molar-refractivity contribution in [3.8, 4) is 0 Å². The van der Waals surface area contributed by atoms with Gasteiger partial charge in [0.1, 0.15) is 0 Å². The lowest BCUT2D eigenvalue weighted by Crippen LogP contribution is -2.56. The largest absolute Gasteiger partial charge is 0.390 e. The first kappa shape index (κ1) is 16.3. The number of carbonyl (C=O) groups is 1. The Balaban J connectivity index is 1.54. The van der Waals surface area contributed by atoms with Crippen LogP contribution in [0.25, 0.3) is 0 Å². The van der Waals surface area contributed by atoms with Crippen LogP contribution in [0.2, 0.25) is 5.02 Å². The molecule has 0 amide bonds. The minimum Gasteiger partial charge on any atom is -0.390 e. The molecule has 2 aromatic rings. The molecule has 8 unspecified atom stereocenters. The lowest BCUT2D eigenvalue weighted by atomic mass is 9.49. The number of carbonyl (C=O) groups excluding carboxylic acids is 1. The van der Waals surface area contributed by atoms with Crippen molar-refractivity contribution in [2.24, 2.45) is 23.7 Å². The topological polar surface area (TPSA) is 46.5 Å². The van der Waals surface area contributed by atoms with Crippen LogP contribution in [0.4, 0.5) is 0 Å². The fourth-order valence-corrected chi connectivity index (χ4v) is 6.83. The van der Waals surface area contributed by atoms with E-state index in [1.165, 1.54) is 0 Å². The van der Waals surface area contributed by atoms with E-state index in [4.69, 9.17) is 16.3 Å². The highest BCUT2D eigenvalue weighted by Crippen LogP contribution is 2.66. The lowest BCUT2D eigenvalue weighted by Gasteiger charge is -2.53. The van der Waals surface area contributed by atoms with E-state index in [1.807, 2.05) is 24.3 Å². The van der Waals surface area contributed by atoms with Gasteiger partial charge >= 0.3 is 0 Å². The summed E-state index contributed by atoms with van der Waals surface area (Å²) in [6.45, 7) is 0. The summed E-state index contributed by atoms with van der Waals surface area (Å²) >= 11 is 6.17. The number of hydrogen-bond donors (Lipinski definition) is 1. The Morgan fingerprint density at radius 1 is 1.00 bits per heavy atom. The molecule has 0 aromatic heterocycles. The van der Waals surface area contributed by atoms with Crippen LogP contribution >= 0.6 is 11.6 Å². The Hall–Kier alpha value is -1.68. The number of fused-ring (bicyclic) bond motifs is 3. The molecular weight excluding hydrogens is 360 g/mol. The van der Waals surface area contributed by atoms with Gasteiger partial charge in [-0.15, -0.1) is 0 Å². The molecule has 7 rings (SSSR count). The van der Waals surface area contributed by atoms with Crippen LogP contribution in [0.3, 0.4) is 0 Å². The van der Waals surface area contributed by atoms with Gasteiger partial charge in [-0.2, -0.15) is 0 Å². The van der Waals surface area contributed by atoms with Crippen LogP contribution in [0.15, 0.2) is 48.5 Å². The van der Waals surface area contributed by atoms with Crippen molar-refractivity contribution in [1.29, 1.82) is 0 Å². The second kappa shape index (κ2) is 5.66. The van der Waals surface area contributed by atoms with E-state index >= 15 is 0 Å². The smallest absolute Gasteiger partial charge is 0.170 e. The van der Waals surface area contributed by atoms with E-state index in [0.717, 1.165) is 24.0 Å². The van der Waals surface area contributed by atoms with E-state index in [2.05, 4.69) is 12.1 Å². The molecule has 0 spiro atoms. The van der Waals surface area contributed by atoms with Crippen LogP contribution in [0, 0.1) is 23.7 Å². The predicted octanol–water partition coefficient (Wildman–Crippen LogP) is 4.39. The third-order valence-corrected chi connectivity index (χ3v) is 7.77. The van der Waals surface area contributed by atoms with Crippen LogP contribution in [-0.2, 0) is 4.74 Å². The number of ether oxygens (including phenoxy) is 1. The molecule has 0 radical (unpaired) electrons. The molecular formula is C23H21ClO3. The van der Waals surface area contributed by atoms with Crippen LogP contribution in [-0.4, -0.2) is 23.1 Å². The fourth-order valence-electron chi connectivity index (χ4n) is 6.64. The Labute approximate surface area is 163 Å². The van der Waals surface area contributed by atoms with Crippen molar-refractivity contribution in [1.82, 2.24) is 0 Å². The second-order valence-corrected chi connectivity index (χ2v) is 8.99. The molecule has 4 heteroatoms. The van der Waals surface area contributed by atoms with Gasteiger partial charge < -0.3 is 9.84 Å². The van der Waals surface area contributed by atoms with Gasteiger partial charge in [-0.1, -0.05) is 48.0 Å².